The van der Waals surface area contributed by atoms with E-state index < -0.39 is 0 Å². The maximum absolute atomic E-state index is 6.53. The van der Waals surface area contributed by atoms with Gasteiger partial charge in [-0.15, -0.1) is 0 Å². The van der Waals surface area contributed by atoms with Crippen LogP contribution in [0.4, 0.5) is 17.1 Å². The van der Waals surface area contributed by atoms with Crippen LogP contribution in [0, 0.1) is 0 Å². The molecule has 0 saturated heterocycles. The van der Waals surface area contributed by atoms with Crippen molar-refractivity contribution in [2.24, 2.45) is 0 Å². The van der Waals surface area contributed by atoms with Crippen LogP contribution in [-0.2, 0) is 0 Å². The van der Waals surface area contributed by atoms with Gasteiger partial charge in [0.15, 0.2) is 0 Å². The van der Waals surface area contributed by atoms with Crippen molar-refractivity contribution in [1.82, 2.24) is 0 Å². The fourth-order valence-corrected chi connectivity index (χ4v) is 7.70. The number of para-hydroxylation sites is 1. The Bertz CT molecular complexity index is 2890. The predicted molar refractivity (Wildman–Crippen MR) is 220 cm³/mol. The first-order valence-electron chi connectivity index (χ1n) is 17.8. The molecule has 0 N–H and O–H groups in total. The first-order chi connectivity index (χ1) is 25.8. The van der Waals surface area contributed by atoms with E-state index in [4.69, 9.17) is 4.42 Å². The molecule has 10 rings (SSSR count). The summed E-state index contributed by atoms with van der Waals surface area (Å²) in [5.74, 6) is 0. The van der Waals surface area contributed by atoms with E-state index >= 15 is 0 Å². The van der Waals surface area contributed by atoms with Crippen LogP contribution >= 0.6 is 0 Å². The number of benzene rings is 9. The minimum atomic E-state index is 0.893. The van der Waals surface area contributed by atoms with Crippen molar-refractivity contribution in [2.45, 2.75) is 0 Å². The third kappa shape index (κ3) is 5.21. The summed E-state index contributed by atoms with van der Waals surface area (Å²) >= 11 is 0. The molecule has 2 heteroatoms. The zero-order valence-electron chi connectivity index (χ0n) is 28.4. The Morgan fingerprint density at radius 2 is 0.904 bits per heavy atom. The van der Waals surface area contributed by atoms with Gasteiger partial charge in [0.1, 0.15) is 11.2 Å². The van der Waals surface area contributed by atoms with Gasteiger partial charge >= 0.3 is 0 Å². The van der Waals surface area contributed by atoms with Crippen molar-refractivity contribution in [3.63, 3.8) is 0 Å². The van der Waals surface area contributed by atoms with E-state index in [1.807, 2.05) is 6.07 Å². The normalized spacial score (nSPS) is 11.5. The van der Waals surface area contributed by atoms with Crippen molar-refractivity contribution in [2.75, 3.05) is 4.90 Å². The van der Waals surface area contributed by atoms with E-state index in [0.717, 1.165) is 50.1 Å². The van der Waals surface area contributed by atoms with E-state index in [9.17, 15) is 0 Å². The fourth-order valence-electron chi connectivity index (χ4n) is 7.70. The number of hydrogen-bond donors (Lipinski definition) is 0. The summed E-state index contributed by atoms with van der Waals surface area (Å²) in [6.07, 6.45) is 0. The van der Waals surface area contributed by atoms with Gasteiger partial charge in [0.2, 0.25) is 0 Å². The van der Waals surface area contributed by atoms with Crippen LogP contribution in [0.2, 0.25) is 0 Å². The molecule has 0 aliphatic carbocycles. The maximum atomic E-state index is 6.53. The smallest absolute Gasteiger partial charge is 0.136 e. The van der Waals surface area contributed by atoms with Gasteiger partial charge < -0.3 is 9.32 Å². The van der Waals surface area contributed by atoms with E-state index in [1.165, 1.54) is 43.8 Å². The first kappa shape index (κ1) is 30.0. The molecule has 0 radical (unpaired) electrons. The van der Waals surface area contributed by atoms with Gasteiger partial charge in [-0.25, -0.2) is 0 Å². The molecule has 0 atom stereocenters. The average molecular weight is 664 g/mol. The zero-order valence-corrected chi connectivity index (χ0v) is 28.4. The Labute approximate surface area is 302 Å². The lowest BCUT2D eigenvalue weighted by Crippen LogP contribution is -2.10. The molecule has 52 heavy (non-hydrogen) atoms. The highest BCUT2D eigenvalue weighted by Gasteiger charge is 2.19. The maximum Gasteiger partial charge on any atom is 0.136 e. The third-order valence-electron chi connectivity index (χ3n) is 10.2. The molecule has 10 aromatic rings. The number of hydrogen-bond acceptors (Lipinski definition) is 2. The Morgan fingerprint density at radius 1 is 0.308 bits per heavy atom. The van der Waals surface area contributed by atoms with Crippen molar-refractivity contribution in [3.8, 4) is 33.4 Å². The van der Waals surface area contributed by atoms with Gasteiger partial charge in [-0.05, 0) is 110 Å². The Hall–Kier alpha value is -6.90. The number of furan rings is 1. The zero-order chi connectivity index (χ0) is 34.4. The summed E-state index contributed by atoms with van der Waals surface area (Å²) in [7, 11) is 0. The molecule has 1 heterocycles. The Balaban J connectivity index is 1.21. The molecule has 0 aliphatic rings. The molecule has 0 fully saturated rings. The number of nitrogens with zero attached hydrogens (tertiary/aromatic N) is 1. The van der Waals surface area contributed by atoms with Crippen molar-refractivity contribution < 1.29 is 4.42 Å². The lowest BCUT2D eigenvalue weighted by molar-refractivity contribution is 0.669. The average Bonchev–Trinajstić information content (AvgIpc) is 3.60. The molecule has 2 nitrogen and oxygen atoms in total. The lowest BCUT2D eigenvalue weighted by Gasteiger charge is -2.27. The molecule has 0 unspecified atom stereocenters. The third-order valence-corrected chi connectivity index (χ3v) is 10.2. The highest BCUT2D eigenvalue weighted by molar-refractivity contribution is 6.22. The first-order valence-corrected chi connectivity index (χ1v) is 17.8. The highest BCUT2D eigenvalue weighted by atomic mass is 16.3. The minimum Gasteiger partial charge on any atom is -0.456 e. The number of fused-ring (bicyclic) bond motifs is 6. The molecule has 0 bridgehead atoms. The number of rotatable bonds is 6. The van der Waals surface area contributed by atoms with Gasteiger partial charge in [0.25, 0.3) is 0 Å². The van der Waals surface area contributed by atoms with Gasteiger partial charge in [-0.1, -0.05) is 146 Å². The van der Waals surface area contributed by atoms with Crippen LogP contribution in [0.3, 0.4) is 0 Å². The monoisotopic (exact) mass is 663 g/mol. The highest BCUT2D eigenvalue weighted by Crippen LogP contribution is 2.44. The molecule has 0 amide bonds. The van der Waals surface area contributed by atoms with Gasteiger partial charge in [-0.3, -0.25) is 0 Å². The molecule has 0 spiro atoms. The topological polar surface area (TPSA) is 16.4 Å². The van der Waals surface area contributed by atoms with E-state index in [1.54, 1.807) is 0 Å². The van der Waals surface area contributed by atoms with Crippen LogP contribution < -0.4 is 4.90 Å². The summed E-state index contributed by atoms with van der Waals surface area (Å²) in [5.41, 5.74) is 12.1. The summed E-state index contributed by atoms with van der Waals surface area (Å²) in [6, 6.07) is 71.7. The van der Waals surface area contributed by atoms with Crippen molar-refractivity contribution >= 4 is 60.5 Å². The Kier molecular flexibility index (Phi) is 7.18. The Morgan fingerprint density at radius 3 is 1.71 bits per heavy atom. The van der Waals surface area contributed by atoms with E-state index in [0.29, 0.717) is 0 Å². The van der Waals surface area contributed by atoms with E-state index in [2.05, 4.69) is 199 Å². The van der Waals surface area contributed by atoms with Crippen molar-refractivity contribution in [1.29, 1.82) is 0 Å². The standard InChI is InChI=1S/C50H33NO/c1-3-12-34(13-4-1)37-22-25-41(26-23-37)51(42-27-24-36-16-7-8-17-39(36)31-42)43-28-29-44-47(32-43)46(33-49-50(44)45-20-9-10-21-48(45)52-49)40-19-11-18-38(30-40)35-14-5-2-6-15-35/h1-33H. The molecule has 9 aromatic carbocycles. The van der Waals surface area contributed by atoms with Crippen LogP contribution in [0.25, 0.3) is 76.9 Å². The van der Waals surface area contributed by atoms with Crippen LogP contribution in [-0.4, -0.2) is 0 Å². The summed E-state index contributed by atoms with van der Waals surface area (Å²) < 4.78 is 6.53. The van der Waals surface area contributed by atoms with Crippen LogP contribution in [0.15, 0.2) is 205 Å². The van der Waals surface area contributed by atoms with Crippen molar-refractivity contribution in [3.05, 3.63) is 200 Å². The molecule has 244 valence electrons. The second-order valence-electron chi connectivity index (χ2n) is 13.4. The summed E-state index contributed by atoms with van der Waals surface area (Å²) in [6.45, 7) is 0. The molecular weight excluding hydrogens is 631 g/mol. The summed E-state index contributed by atoms with van der Waals surface area (Å²) in [4.78, 5) is 2.38. The fraction of sp³-hybridized carbons (Fsp3) is 0. The second-order valence-corrected chi connectivity index (χ2v) is 13.4. The predicted octanol–water partition coefficient (Wildman–Crippen LogP) is 14.4. The summed E-state index contributed by atoms with van der Waals surface area (Å²) in [5, 5.41) is 7.04. The van der Waals surface area contributed by atoms with Gasteiger partial charge in [-0.2, -0.15) is 0 Å². The number of anilines is 3. The van der Waals surface area contributed by atoms with Crippen LogP contribution in [0.5, 0.6) is 0 Å². The van der Waals surface area contributed by atoms with Crippen LogP contribution in [0.1, 0.15) is 0 Å². The van der Waals surface area contributed by atoms with E-state index in [-0.39, 0.29) is 0 Å². The molecular formula is C50H33NO. The quantitative estimate of drug-likeness (QED) is 0.176. The SMILES string of the molecule is c1ccc(-c2ccc(N(c3ccc4ccccc4c3)c3ccc4c(c3)c(-c3cccc(-c5ccccc5)c3)cc3oc5ccccc5c34)cc2)cc1. The molecule has 1 aromatic heterocycles. The van der Waals surface area contributed by atoms with Gasteiger partial charge in [0.05, 0.1) is 0 Å². The van der Waals surface area contributed by atoms with Gasteiger partial charge in [0, 0.05) is 27.8 Å². The molecule has 0 aliphatic heterocycles. The minimum absolute atomic E-state index is 0.893. The molecule has 0 saturated carbocycles. The lowest BCUT2D eigenvalue weighted by atomic mass is 9.92. The largest absolute Gasteiger partial charge is 0.456 e. The second kappa shape index (κ2) is 12.5.